The summed E-state index contributed by atoms with van der Waals surface area (Å²) in [6.07, 6.45) is 0. The lowest BCUT2D eigenvalue weighted by Crippen LogP contribution is -2.35. The Labute approximate surface area is 120 Å². The van der Waals surface area contributed by atoms with Crippen LogP contribution in [-0.4, -0.2) is 63.6 Å². The number of nitrogens with zero attached hydrogens (tertiary/aromatic N) is 2. The average molecular weight is 280 g/mol. The fourth-order valence-electron chi connectivity index (χ4n) is 1.67. The molecule has 0 aliphatic carbocycles. The van der Waals surface area contributed by atoms with Crippen molar-refractivity contribution in [1.82, 2.24) is 9.80 Å². The van der Waals surface area contributed by atoms with Gasteiger partial charge in [0, 0.05) is 19.2 Å². The summed E-state index contributed by atoms with van der Waals surface area (Å²) >= 11 is 0. The summed E-state index contributed by atoms with van der Waals surface area (Å²) in [6, 6.07) is 5.19. The van der Waals surface area contributed by atoms with Crippen molar-refractivity contribution in [2.75, 3.05) is 58.9 Å². The highest BCUT2D eigenvalue weighted by Crippen LogP contribution is 2.23. The highest BCUT2D eigenvalue weighted by molar-refractivity contribution is 5.95. The molecule has 0 unspecified atom stereocenters. The van der Waals surface area contributed by atoms with Crippen LogP contribution < -0.4 is 15.8 Å². The van der Waals surface area contributed by atoms with E-state index in [0.29, 0.717) is 23.7 Å². The molecule has 1 aromatic carbocycles. The molecule has 3 N–H and O–H groups in total. The first kappa shape index (κ1) is 16.3. The van der Waals surface area contributed by atoms with E-state index < -0.39 is 0 Å². The van der Waals surface area contributed by atoms with Crippen molar-refractivity contribution in [1.29, 1.82) is 0 Å². The number of anilines is 2. The maximum atomic E-state index is 11.9. The van der Waals surface area contributed by atoms with Crippen molar-refractivity contribution < 1.29 is 9.53 Å². The first-order chi connectivity index (χ1) is 9.42. The quantitative estimate of drug-likeness (QED) is 0.720. The van der Waals surface area contributed by atoms with Gasteiger partial charge in [0.2, 0.25) is 5.91 Å². The van der Waals surface area contributed by atoms with Gasteiger partial charge in [-0.1, -0.05) is 0 Å². The molecule has 1 rings (SSSR count). The second kappa shape index (κ2) is 7.72. The number of methoxy groups -OCH3 is 1. The summed E-state index contributed by atoms with van der Waals surface area (Å²) in [6.45, 7) is 2.08. The number of carbonyl (C=O) groups is 1. The monoisotopic (exact) mass is 280 g/mol. The number of nitrogens with one attached hydrogen (secondary N) is 1. The summed E-state index contributed by atoms with van der Waals surface area (Å²) in [5.41, 5.74) is 6.96. The zero-order valence-electron chi connectivity index (χ0n) is 12.6. The molecule has 0 aliphatic rings. The SMILES string of the molecule is COc1ccc(NC(=O)CN(C)CCN(C)C)c(N)c1. The van der Waals surface area contributed by atoms with Crippen LogP contribution in [0.1, 0.15) is 0 Å². The molecule has 1 amide bonds. The predicted molar refractivity (Wildman–Crippen MR) is 82.1 cm³/mol. The number of rotatable bonds is 7. The summed E-state index contributed by atoms with van der Waals surface area (Å²) in [5.74, 6) is 0.590. The molecule has 0 radical (unpaired) electrons. The number of ether oxygens (including phenoxy) is 1. The molecule has 112 valence electrons. The van der Waals surface area contributed by atoms with Crippen LogP contribution in [0.5, 0.6) is 5.75 Å². The highest BCUT2D eigenvalue weighted by Gasteiger charge is 2.09. The Kier molecular flexibility index (Phi) is 6.27. The van der Waals surface area contributed by atoms with Gasteiger partial charge in [-0.15, -0.1) is 0 Å². The van der Waals surface area contributed by atoms with Gasteiger partial charge in [-0.2, -0.15) is 0 Å². The number of likely N-dealkylation sites (N-methyl/N-ethyl adjacent to an activating group) is 2. The maximum Gasteiger partial charge on any atom is 0.238 e. The van der Waals surface area contributed by atoms with Gasteiger partial charge < -0.3 is 20.7 Å². The standard InChI is InChI=1S/C14H24N4O2/c1-17(2)7-8-18(3)10-14(19)16-13-6-5-11(20-4)9-12(13)15/h5-6,9H,7-8,10,15H2,1-4H3,(H,16,19). The van der Waals surface area contributed by atoms with Gasteiger partial charge in [0.05, 0.1) is 25.0 Å². The Hall–Kier alpha value is -1.79. The normalized spacial score (nSPS) is 10.9. The predicted octanol–water partition coefficient (Wildman–Crippen LogP) is 0.709. The second-order valence-corrected chi connectivity index (χ2v) is 5.04. The van der Waals surface area contributed by atoms with Crippen LogP contribution in [0.25, 0.3) is 0 Å². The molecule has 1 aromatic rings. The van der Waals surface area contributed by atoms with E-state index in [2.05, 4.69) is 10.2 Å². The van der Waals surface area contributed by atoms with Gasteiger partial charge >= 0.3 is 0 Å². The highest BCUT2D eigenvalue weighted by atomic mass is 16.5. The molecule has 0 aromatic heterocycles. The largest absolute Gasteiger partial charge is 0.497 e. The molecule has 0 bridgehead atoms. The van der Waals surface area contributed by atoms with Gasteiger partial charge in [0.1, 0.15) is 5.75 Å². The number of hydrogen-bond acceptors (Lipinski definition) is 5. The fourth-order valence-corrected chi connectivity index (χ4v) is 1.67. The smallest absolute Gasteiger partial charge is 0.238 e. The zero-order valence-corrected chi connectivity index (χ0v) is 12.6. The molecule has 0 spiro atoms. The van der Waals surface area contributed by atoms with E-state index in [9.17, 15) is 4.79 Å². The first-order valence-electron chi connectivity index (χ1n) is 6.49. The third kappa shape index (κ3) is 5.46. The summed E-state index contributed by atoms with van der Waals surface area (Å²) < 4.78 is 5.07. The van der Waals surface area contributed by atoms with Gasteiger partial charge in [-0.25, -0.2) is 0 Å². The van der Waals surface area contributed by atoms with Crippen molar-refractivity contribution >= 4 is 17.3 Å². The van der Waals surface area contributed by atoms with Crippen LogP contribution in [0.4, 0.5) is 11.4 Å². The summed E-state index contributed by atoms with van der Waals surface area (Å²) in [7, 11) is 7.51. The number of nitrogens with two attached hydrogens (primary N) is 1. The van der Waals surface area contributed by atoms with Crippen LogP contribution in [0.3, 0.4) is 0 Å². The number of benzene rings is 1. The summed E-state index contributed by atoms with van der Waals surface area (Å²) in [4.78, 5) is 16.0. The van der Waals surface area contributed by atoms with Crippen LogP contribution in [0.2, 0.25) is 0 Å². The van der Waals surface area contributed by atoms with E-state index in [1.54, 1.807) is 25.3 Å². The lowest BCUT2D eigenvalue weighted by atomic mass is 10.2. The molecular weight excluding hydrogens is 256 g/mol. The molecule has 20 heavy (non-hydrogen) atoms. The van der Waals surface area contributed by atoms with E-state index in [1.807, 2.05) is 26.0 Å². The molecule has 0 aliphatic heterocycles. The van der Waals surface area contributed by atoms with E-state index >= 15 is 0 Å². The number of carbonyl (C=O) groups excluding carboxylic acids is 1. The minimum Gasteiger partial charge on any atom is -0.497 e. The number of amides is 1. The molecule has 0 saturated carbocycles. The average Bonchev–Trinajstić information content (AvgIpc) is 2.38. The van der Waals surface area contributed by atoms with Crippen LogP contribution in [0.15, 0.2) is 18.2 Å². The Balaban J connectivity index is 2.49. The maximum absolute atomic E-state index is 11.9. The van der Waals surface area contributed by atoms with Gasteiger partial charge in [0.25, 0.3) is 0 Å². The Morgan fingerprint density at radius 3 is 2.55 bits per heavy atom. The first-order valence-corrected chi connectivity index (χ1v) is 6.49. The van der Waals surface area contributed by atoms with Gasteiger partial charge in [-0.05, 0) is 33.3 Å². The van der Waals surface area contributed by atoms with Gasteiger partial charge in [0.15, 0.2) is 0 Å². The fraction of sp³-hybridized carbons (Fsp3) is 0.500. The molecule has 0 heterocycles. The lowest BCUT2D eigenvalue weighted by molar-refractivity contribution is -0.117. The number of nitrogen functional groups attached to an aromatic ring is 1. The molecule has 0 saturated heterocycles. The van der Waals surface area contributed by atoms with Crippen molar-refractivity contribution in [2.45, 2.75) is 0 Å². The van der Waals surface area contributed by atoms with Gasteiger partial charge in [-0.3, -0.25) is 9.69 Å². The van der Waals surface area contributed by atoms with E-state index in [4.69, 9.17) is 10.5 Å². The van der Waals surface area contributed by atoms with E-state index in [0.717, 1.165) is 13.1 Å². The number of hydrogen-bond donors (Lipinski definition) is 2. The molecule has 6 nitrogen and oxygen atoms in total. The lowest BCUT2D eigenvalue weighted by Gasteiger charge is -2.19. The van der Waals surface area contributed by atoms with Crippen molar-refractivity contribution in [3.8, 4) is 5.75 Å². The molecule has 6 heteroatoms. The Bertz CT molecular complexity index is 449. The Morgan fingerprint density at radius 1 is 1.30 bits per heavy atom. The van der Waals surface area contributed by atoms with E-state index in [1.165, 1.54) is 0 Å². The Morgan fingerprint density at radius 2 is 2.00 bits per heavy atom. The summed E-state index contributed by atoms with van der Waals surface area (Å²) in [5, 5.41) is 2.81. The topological polar surface area (TPSA) is 70.8 Å². The third-order valence-corrected chi connectivity index (χ3v) is 2.88. The van der Waals surface area contributed by atoms with Crippen LogP contribution in [0, 0.1) is 0 Å². The van der Waals surface area contributed by atoms with Crippen LogP contribution in [-0.2, 0) is 4.79 Å². The minimum absolute atomic E-state index is 0.0804. The van der Waals surface area contributed by atoms with Crippen LogP contribution >= 0.6 is 0 Å². The molecule has 0 fully saturated rings. The zero-order chi connectivity index (χ0) is 15.1. The van der Waals surface area contributed by atoms with E-state index in [-0.39, 0.29) is 5.91 Å². The third-order valence-electron chi connectivity index (χ3n) is 2.88. The van der Waals surface area contributed by atoms with Crippen molar-refractivity contribution in [2.24, 2.45) is 0 Å². The molecule has 0 atom stereocenters. The molecular formula is C14H24N4O2. The second-order valence-electron chi connectivity index (χ2n) is 5.04. The minimum atomic E-state index is -0.0804. The van der Waals surface area contributed by atoms with Crippen molar-refractivity contribution in [3.63, 3.8) is 0 Å². The van der Waals surface area contributed by atoms with Crippen molar-refractivity contribution in [3.05, 3.63) is 18.2 Å².